The fourth-order valence-electron chi connectivity index (χ4n) is 1.54. The molecular formula is C12H17N3S2. The molecule has 0 saturated heterocycles. The van der Waals surface area contributed by atoms with Gasteiger partial charge in [0, 0.05) is 24.5 Å². The zero-order valence-electron chi connectivity index (χ0n) is 10.1. The molecule has 1 aromatic carbocycles. The van der Waals surface area contributed by atoms with Crippen LogP contribution in [0, 0.1) is 0 Å². The molecule has 17 heavy (non-hydrogen) atoms. The molecular weight excluding hydrogens is 250 g/mol. The number of nitrogens with one attached hydrogen (secondary N) is 1. The number of nitrogens with two attached hydrogens (primary N) is 1. The van der Waals surface area contributed by atoms with Crippen molar-refractivity contribution in [3.8, 4) is 0 Å². The maximum absolute atomic E-state index is 5.42. The largest absolute Gasteiger partial charge is 0.388 e. The predicted octanol–water partition coefficient (Wildman–Crippen LogP) is 2.56. The Morgan fingerprint density at radius 2 is 1.71 bits per heavy atom. The first-order chi connectivity index (χ1) is 8.08. The Labute approximate surface area is 113 Å². The summed E-state index contributed by atoms with van der Waals surface area (Å²) in [6, 6.07) is 8.05. The van der Waals surface area contributed by atoms with Gasteiger partial charge >= 0.3 is 0 Å². The van der Waals surface area contributed by atoms with Gasteiger partial charge in [-0.2, -0.15) is 0 Å². The molecule has 0 aromatic heterocycles. The topological polar surface area (TPSA) is 41.3 Å². The summed E-state index contributed by atoms with van der Waals surface area (Å²) >= 11 is 9.79. The summed E-state index contributed by atoms with van der Waals surface area (Å²) in [7, 11) is 0. The van der Waals surface area contributed by atoms with Gasteiger partial charge in [0.15, 0.2) is 0 Å². The summed E-state index contributed by atoms with van der Waals surface area (Å²) in [5.41, 5.74) is 7.52. The van der Waals surface area contributed by atoms with Gasteiger partial charge in [-0.05, 0) is 38.1 Å². The molecule has 5 heteroatoms. The van der Waals surface area contributed by atoms with Crippen molar-refractivity contribution in [3.63, 3.8) is 0 Å². The van der Waals surface area contributed by atoms with Crippen LogP contribution in [0.3, 0.4) is 0 Å². The van der Waals surface area contributed by atoms with Gasteiger partial charge in [0.2, 0.25) is 0 Å². The third-order valence-electron chi connectivity index (χ3n) is 2.48. The average Bonchev–Trinajstić information content (AvgIpc) is 2.32. The van der Waals surface area contributed by atoms with Gasteiger partial charge in [0.05, 0.1) is 0 Å². The monoisotopic (exact) mass is 267 g/mol. The lowest BCUT2D eigenvalue weighted by atomic mass is 10.2. The molecule has 1 aromatic rings. The van der Waals surface area contributed by atoms with Gasteiger partial charge in [-0.25, -0.2) is 0 Å². The predicted molar refractivity (Wildman–Crippen MR) is 83.0 cm³/mol. The maximum Gasteiger partial charge on any atom is 0.138 e. The summed E-state index contributed by atoms with van der Waals surface area (Å²) in [5.74, 6) is 0. The third kappa shape index (κ3) is 3.94. The molecule has 3 N–H and O–H groups in total. The van der Waals surface area contributed by atoms with Crippen molar-refractivity contribution in [1.29, 1.82) is 0 Å². The molecule has 0 atom stereocenters. The first kappa shape index (κ1) is 13.9. The number of anilines is 2. The zero-order chi connectivity index (χ0) is 12.8. The number of rotatable bonds is 4. The summed E-state index contributed by atoms with van der Waals surface area (Å²) in [6.07, 6.45) is 0. The van der Waals surface area contributed by atoms with Gasteiger partial charge in [-0.3, -0.25) is 0 Å². The van der Waals surface area contributed by atoms with Crippen molar-refractivity contribution in [2.45, 2.75) is 13.8 Å². The lowest BCUT2D eigenvalue weighted by Crippen LogP contribution is -2.26. The summed E-state index contributed by atoms with van der Waals surface area (Å²) in [6.45, 7) is 6.26. The second-order valence-corrected chi connectivity index (χ2v) is 4.39. The number of hydrogen-bond donors (Lipinski definition) is 2. The van der Waals surface area contributed by atoms with E-state index in [2.05, 4.69) is 36.2 Å². The van der Waals surface area contributed by atoms with Crippen molar-refractivity contribution >= 4 is 45.8 Å². The Hall–Kier alpha value is -1.20. The highest BCUT2D eigenvalue weighted by Gasteiger charge is 2.03. The Balaban J connectivity index is 2.74. The molecule has 0 aliphatic heterocycles. The van der Waals surface area contributed by atoms with E-state index in [1.54, 1.807) is 0 Å². The van der Waals surface area contributed by atoms with Crippen LogP contribution in [0.1, 0.15) is 13.8 Å². The van der Waals surface area contributed by atoms with Crippen LogP contribution in [0.4, 0.5) is 11.4 Å². The van der Waals surface area contributed by atoms with Crippen LogP contribution >= 0.6 is 24.4 Å². The normalized spacial score (nSPS) is 9.76. The molecule has 0 heterocycles. The van der Waals surface area contributed by atoms with E-state index >= 15 is 0 Å². The van der Waals surface area contributed by atoms with Crippen molar-refractivity contribution < 1.29 is 0 Å². The highest BCUT2D eigenvalue weighted by atomic mass is 32.1. The van der Waals surface area contributed by atoms with Crippen molar-refractivity contribution in [2.75, 3.05) is 23.3 Å². The van der Waals surface area contributed by atoms with Crippen LogP contribution in [0.15, 0.2) is 24.3 Å². The molecule has 0 aliphatic rings. The smallest absolute Gasteiger partial charge is 0.138 e. The van der Waals surface area contributed by atoms with Crippen LogP contribution < -0.4 is 16.0 Å². The Bertz CT molecular complexity index is 397. The fraction of sp³-hybridized carbons (Fsp3) is 0.333. The van der Waals surface area contributed by atoms with E-state index in [4.69, 9.17) is 30.2 Å². The van der Waals surface area contributed by atoms with Crippen LogP contribution in [-0.4, -0.2) is 23.1 Å². The highest BCUT2D eigenvalue weighted by Crippen LogP contribution is 2.17. The first-order valence-electron chi connectivity index (χ1n) is 5.54. The molecule has 0 unspecified atom stereocenters. The summed E-state index contributed by atoms with van der Waals surface area (Å²) < 4.78 is 0. The van der Waals surface area contributed by atoms with Gasteiger partial charge in [-0.15, -0.1) is 0 Å². The number of hydrogen-bond acceptors (Lipinski definition) is 3. The Morgan fingerprint density at radius 3 is 2.12 bits per heavy atom. The van der Waals surface area contributed by atoms with E-state index in [9.17, 15) is 0 Å². The molecule has 0 amide bonds. The van der Waals surface area contributed by atoms with Gasteiger partial charge in [-0.1, -0.05) is 24.4 Å². The average molecular weight is 267 g/mol. The second-order valence-electron chi connectivity index (χ2n) is 3.54. The molecule has 3 nitrogen and oxygen atoms in total. The van der Waals surface area contributed by atoms with E-state index < -0.39 is 0 Å². The number of thiocarbonyl (C=S) groups is 2. The van der Waals surface area contributed by atoms with Crippen LogP contribution in [0.2, 0.25) is 0 Å². The Kier molecular flexibility index (Phi) is 5.31. The molecule has 0 spiro atoms. The second kappa shape index (κ2) is 6.51. The van der Waals surface area contributed by atoms with E-state index in [-0.39, 0.29) is 4.99 Å². The van der Waals surface area contributed by atoms with Crippen LogP contribution in [-0.2, 0) is 0 Å². The maximum atomic E-state index is 5.42. The minimum Gasteiger partial charge on any atom is -0.388 e. The van der Waals surface area contributed by atoms with E-state index in [1.807, 2.05) is 12.1 Å². The van der Waals surface area contributed by atoms with Crippen molar-refractivity contribution in [3.05, 3.63) is 24.3 Å². The lowest BCUT2D eigenvalue weighted by molar-refractivity contribution is 0.866. The van der Waals surface area contributed by atoms with Crippen LogP contribution in [0.25, 0.3) is 0 Å². The first-order valence-corrected chi connectivity index (χ1v) is 6.36. The van der Waals surface area contributed by atoms with E-state index in [0.29, 0.717) is 4.99 Å². The van der Waals surface area contributed by atoms with E-state index in [0.717, 1.165) is 18.8 Å². The van der Waals surface area contributed by atoms with Gasteiger partial charge < -0.3 is 16.0 Å². The number of nitrogens with zero attached hydrogens (tertiary/aromatic N) is 1. The third-order valence-corrected chi connectivity index (χ3v) is 3.13. The van der Waals surface area contributed by atoms with Crippen molar-refractivity contribution in [1.82, 2.24) is 0 Å². The SMILES string of the molecule is CCN(CC)c1ccc(NC(=S)C(N)=S)cc1. The number of benzene rings is 1. The minimum absolute atomic E-state index is 0.216. The lowest BCUT2D eigenvalue weighted by Gasteiger charge is -2.21. The quantitative estimate of drug-likeness (QED) is 0.821. The summed E-state index contributed by atoms with van der Waals surface area (Å²) in [4.78, 5) is 2.89. The molecule has 92 valence electrons. The van der Waals surface area contributed by atoms with Gasteiger partial charge in [0.1, 0.15) is 9.98 Å². The summed E-state index contributed by atoms with van der Waals surface area (Å²) in [5, 5.41) is 2.99. The molecule has 0 radical (unpaired) electrons. The zero-order valence-corrected chi connectivity index (χ0v) is 11.7. The standard InChI is InChI=1S/C12H17N3S2/c1-3-15(4-2)10-7-5-9(6-8-10)14-12(17)11(13)16/h5-8H,3-4H2,1-2H3,(H2,13,16)(H,14,17). The van der Waals surface area contributed by atoms with E-state index in [1.165, 1.54) is 5.69 Å². The molecule has 0 aliphatic carbocycles. The van der Waals surface area contributed by atoms with Crippen LogP contribution in [0.5, 0.6) is 0 Å². The van der Waals surface area contributed by atoms with Gasteiger partial charge in [0.25, 0.3) is 0 Å². The molecule has 0 saturated carbocycles. The van der Waals surface area contributed by atoms with Crippen molar-refractivity contribution in [2.24, 2.45) is 5.73 Å². The highest BCUT2D eigenvalue weighted by molar-refractivity contribution is 7.89. The molecule has 0 bridgehead atoms. The Morgan fingerprint density at radius 1 is 1.18 bits per heavy atom. The minimum atomic E-state index is 0.216. The molecule has 0 fully saturated rings. The fourth-order valence-corrected chi connectivity index (χ4v) is 1.71. The molecule has 1 rings (SSSR count).